The molecule has 11 heteroatoms. The van der Waals surface area contributed by atoms with Crippen LogP contribution in [0, 0.1) is 0 Å². The zero-order valence-electron chi connectivity index (χ0n) is 17.5. The first kappa shape index (κ1) is 22.9. The van der Waals surface area contributed by atoms with Crippen LogP contribution in [0.25, 0.3) is 10.9 Å². The summed E-state index contributed by atoms with van der Waals surface area (Å²) in [5.41, 5.74) is 0.183. The topological polar surface area (TPSA) is 126 Å². The number of carbonyl (C=O) groups is 3. The van der Waals surface area contributed by atoms with E-state index >= 15 is 0 Å². The Morgan fingerprint density at radius 1 is 1.16 bits per heavy atom. The second kappa shape index (κ2) is 10.5. The second-order valence-corrected chi connectivity index (χ2v) is 7.53. The molecule has 2 heterocycles. The van der Waals surface area contributed by atoms with Gasteiger partial charge in [0, 0.05) is 19.0 Å². The lowest BCUT2D eigenvalue weighted by Gasteiger charge is -2.10. The number of amides is 2. The lowest BCUT2D eigenvalue weighted by molar-refractivity contribution is -0.148. The molecule has 0 saturated carbocycles. The molecule has 32 heavy (non-hydrogen) atoms. The van der Waals surface area contributed by atoms with E-state index in [2.05, 4.69) is 10.3 Å². The number of fused-ring (bicyclic) bond motifs is 1. The quantitative estimate of drug-likeness (QED) is 0.480. The van der Waals surface area contributed by atoms with Crippen molar-refractivity contribution in [2.24, 2.45) is 0 Å². The van der Waals surface area contributed by atoms with Crippen LogP contribution in [0.15, 0.2) is 40.8 Å². The van der Waals surface area contributed by atoms with Gasteiger partial charge >= 0.3 is 5.97 Å². The Morgan fingerprint density at radius 3 is 2.59 bits per heavy atom. The van der Waals surface area contributed by atoms with Crippen LogP contribution in [0.2, 0.25) is 0 Å². The van der Waals surface area contributed by atoms with Crippen LogP contribution in [-0.2, 0) is 20.9 Å². The fourth-order valence-corrected chi connectivity index (χ4v) is 3.51. The maximum absolute atomic E-state index is 12.7. The number of ether oxygens (including phenoxy) is 3. The van der Waals surface area contributed by atoms with E-state index in [0.29, 0.717) is 33.7 Å². The molecule has 0 aliphatic rings. The van der Waals surface area contributed by atoms with Crippen molar-refractivity contribution in [3.63, 3.8) is 0 Å². The molecule has 0 saturated heterocycles. The summed E-state index contributed by atoms with van der Waals surface area (Å²) < 4.78 is 16.7. The molecule has 3 rings (SSSR count). The largest absolute Gasteiger partial charge is 0.493 e. The number of methoxy groups -OCH3 is 2. The van der Waals surface area contributed by atoms with Crippen molar-refractivity contribution in [2.45, 2.75) is 19.4 Å². The van der Waals surface area contributed by atoms with Crippen LogP contribution in [0.4, 0.5) is 0 Å². The molecule has 0 atom stereocenters. The second-order valence-electron chi connectivity index (χ2n) is 6.59. The van der Waals surface area contributed by atoms with E-state index in [4.69, 9.17) is 14.2 Å². The van der Waals surface area contributed by atoms with Gasteiger partial charge in [0.25, 0.3) is 17.4 Å². The summed E-state index contributed by atoms with van der Waals surface area (Å²) in [6.45, 7) is -0.330. The highest BCUT2D eigenvalue weighted by molar-refractivity contribution is 7.12. The van der Waals surface area contributed by atoms with Crippen LogP contribution < -0.4 is 20.3 Å². The molecule has 0 spiro atoms. The number of benzene rings is 1. The molecule has 2 amide bonds. The number of esters is 1. The lowest BCUT2D eigenvalue weighted by Crippen LogP contribution is -2.33. The van der Waals surface area contributed by atoms with Crippen molar-refractivity contribution < 1.29 is 28.6 Å². The van der Waals surface area contributed by atoms with E-state index in [-0.39, 0.29) is 18.5 Å². The summed E-state index contributed by atoms with van der Waals surface area (Å²) in [5.74, 6) is -0.990. The zero-order valence-corrected chi connectivity index (χ0v) is 18.3. The highest BCUT2D eigenvalue weighted by atomic mass is 32.1. The predicted octanol–water partition coefficient (Wildman–Crippen LogP) is 1.76. The average Bonchev–Trinajstić information content (AvgIpc) is 3.33. The highest BCUT2D eigenvalue weighted by Crippen LogP contribution is 2.29. The summed E-state index contributed by atoms with van der Waals surface area (Å²) in [7, 11) is 2.97. The number of imide groups is 1. The van der Waals surface area contributed by atoms with Gasteiger partial charge in [0.15, 0.2) is 18.1 Å². The average molecular weight is 459 g/mol. The maximum atomic E-state index is 12.7. The van der Waals surface area contributed by atoms with Crippen LogP contribution in [0.5, 0.6) is 11.5 Å². The molecule has 1 aromatic carbocycles. The SMILES string of the molecule is COc1cc2ncn(CCCC(=O)OCC(=O)NC(=O)c3cccs3)c(=O)c2cc1OC. The molecule has 0 aliphatic heterocycles. The Balaban J connectivity index is 1.50. The van der Waals surface area contributed by atoms with Gasteiger partial charge in [-0.05, 0) is 23.9 Å². The molecule has 0 bridgehead atoms. The molecule has 0 fully saturated rings. The Bertz CT molecular complexity index is 1190. The van der Waals surface area contributed by atoms with E-state index in [1.807, 2.05) is 0 Å². The molecule has 10 nitrogen and oxygen atoms in total. The minimum Gasteiger partial charge on any atom is -0.493 e. The van der Waals surface area contributed by atoms with Gasteiger partial charge in [-0.2, -0.15) is 0 Å². The Kier molecular flexibility index (Phi) is 7.55. The summed E-state index contributed by atoms with van der Waals surface area (Å²) in [4.78, 5) is 52.8. The number of aryl methyl sites for hydroxylation is 1. The van der Waals surface area contributed by atoms with Crippen molar-refractivity contribution in [1.82, 2.24) is 14.9 Å². The molecule has 0 radical (unpaired) electrons. The molecule has 1 N–H and O–H groups in total. The first-order valence-electron chi connectivity index (χ1n) is 9.57. The van der Waals surface area contributed by atoms with Crippen molar-refractivity contribution in [1.29, 1.82) is 0 Å². The third-order valence-electron chi connectivity index (χ3n) is 4.47. The van der Waals surface area contributed by atoms with Gasteiger partial charge in [-0.15, -0.1) is 11.3 Å². The normalized spacial score (nSPS) is 10.6. The third kappa shape index (κ3) is 5.49. The van der Waals surface area contributed by atoms with E-state index in [1.54, 1.807) is 29.6 Å². The minimum atomic E-state index is -0.712. The van der Waals surface area contributed by atoms with Crippen molar-refractivity contribution in [3.05, 3.63) is 51.2 Å². The van der Waals surface area contributed by atoms with Gasteiger partial charge < -0.3 is 14.2 Å². The number of rotatable bonds is 9. The van der Waals surface area contributed by atoms with E-state index in [1.165, 1.54) is 36.5 Å². The van der Waals surface area contributed by atoms with E-state index < -0.39 is 24.4 Å². The van der Waals surface area contributed by atoms with Crippen molar-refractivity contribution in [2.75, 3.05) is 20.8 Å². The maximum Gasteiger partial charge on any atom is 0.306 e. The number of nitrogens with one attached hydrogen (secondary N) is 1. The third-order valence-corrected chi connectivity index (χ3v) is 5.34. The molecule has 0 unspecified atom stereocenters. The first-order chi connectivity index (χ1) is 15.4. The first-order valence-corrected chi connectivity index (χ1v) is 10.5. The van der Waals surface area contributed by atoms with Crippen molar-refractivity contribution in [3.8, 4) is 11.5 Å². The number of carbonyl (C=O) groups excluding carboxylic acids is 3. The van der Waals surface area contributed by atoms with Crippen LogP contribution in [-0.4, -0.2) is 48.2 Å². The number of hydrogen-bond acceptors (Lipinski definition) is 9. The molecule has 2 aromatic heterocycles. The molecular formula is C21H21N3O7S. The molecule has 3 aromatic rings. The van der Waals surface area contributed by atoms with Crippen LogP contribution >= 0.6 is 11.3 Å². The number of nitrogens with zero attached hydrogens (tertiary/aromatic N) is 2. The minimum absolute atomic E-state index is 0.0113. The summed E-state index contributed by atoms with van der Waals surface area (Å²) in [6.07, 6.45) is 1.68. The van der Waals surface area contributed by atoms with Crippen LogP contribution in [0.3, 0.4) is 0 Å². The zero-order chi connectivity index (χ0) is 23.1. The van der Waals surface area contributed by atoms with Gasteiger partial charge in [0.05, 0.1) is 36.3 Å². The lowest BCUT2D eigenvalue weighted by atomic mass is 10.2. The van der Waals surface area contributed by atoms with E-state index in [0.717, 1.165) is 0 Å². The fraction of sp³-hybridized carbons (Fsp3) is 0.286. The van der Waals surface area contributed by atoms with Gasteiger partial charge in [-0.3, -0.25) is 29.1 Å². The van der Waals surface area contributed by atoms with Gasteiger partial charge in [0.1, 0.15) is 0 Å². The van der Waals surface area contributed by atoms with Crippen LogP contribution in [0.1, 0.15) is 22.5 Å². The summed E-state index contributed by atoms with van der Waals surface area (Å²) in [6, 6.07) is 6.44. The molecule has 0 aliphatic carbocycles. The predicted molar refractivity (Wildman–Crippen MR) is 116 cm³/mol. The smallest absolute Gasteiger partial charge is 0.306 e. The summed E-state index contributed by atoms with van der Waals surface area (Å²) in [5, 5.41) is 4.22. The Hall–Kier alpha value is -3.73. The Labute approximate surface area is 186 Å². The van der Waals surface area contributed by atoms with E-state index in [9.17, 15) is 19.2 Å². The molecule has 168 valence electrons. The highest BCUT2D eigenvalue weighted by Gasteiger charge is 2.14. The number of aromatic nitrogens is 2. The Morgan fingerprint density at radius 2 is 1.91 bits per heavy atom. The fourth-order valence-electron chi connectivity index (χ4n) is 2.89. The van der Waals surface area contributed by atoms with Gasteiger partial charge in [-0.25, -0.2) is 4.98 Å². The number of hydrogen-bond donors (Lipinski definition) is 1. The van der Waals surface area contributed by atoms with Gasteiger partial charge in [-0.1, -0.05) is 6.07 Å². The summed E-state index contributed by atoms with van der Waals surface area (Å²) >= 11 is 1.19. The number of thiophene rings is 1. The molecular weight excluding hydrogens is 438 g/mol. The monoisotopic (exact) mass is 459 g/mol. The van der Waals surface area contributed by atoms with Crippen molar-refractivity contribution >= 4 is 40.0 Å². The van der Waals surface area contributed by atoms with Gasteiger partial charge in [0.2, 0.25) is 0 Å². The standard InChI is InChI=1S/C21H21N3O7S/c1-29-15-9-13-14(10-16(15)30-2)22-12-24(21(13)28)7-3-6-19(26)31-11-18(25)23-20(27)17-5-4-8-32-17/h4-5,8-10,12H,3,6-7,11H2,1-2H3,(H,23,25,27).